The number of halogens is 3. The lowest BCUT2D eigenvalue weighted by Gasteiger charge is -2.11. The van der Waals surface area contributed by atoms with Gasteiger partial charge in [0.15, 0.2) is 0 Å². The van der Waals surface area contributed by atoms with Crippen molar-refractivity contribution in [2.75, 3.05) is 11.9 Å². The second-order valence-corrected chi connectivity index (χ2v) is 5.47. The van der Waals surface area contributed by atoms with Gasteiger partial charge in [-0.2, -0.15) is 9.78 Å². The number of aromatic nitrogens is 3. The summed E-state index contributed by atoms with van der Waals surface area (Å²) < 4.78 is 28.7. The number of carbonyl (C=O) groups is 1. The van der Waals surface area contributed by atoms with Gasteiger partial charge >= 0.3 is 5.69 Å². The fourth-order valence-corrected chi connectivity index (χ4v) is 2.37. The quantitative estimate of drug-likeness (QED) is 0.854. The molecule has 10 heteroatoms. The SMILES string of the molecule is Cl.Cn1cnn(-c2ccc(NC(=O)C3CC(F)(F)CN3)cc2)c1=O. The Kier molecular flexibility index (Phi) is 5.05. The molecule has 0 spiro atoms. The zero-order chi connectivity index (χ0) is 16.6. The molecule has 1 atom stereocenters. The van der Waals surface area contributed by atoms with Gasteiger partial charge in [0.1, 0.15) is 6.33 Å². The van der Waals surface area contributed by atoms with Gasteiger partial charge in [0.05, 0.1) is 18.3 Å². The maximum absolute atomic E-state index is 13.1. The third-order valence-electron chi connectivity index (χ3n) is 3.63. The number of carbonyl (C=O) groups excluding carboxylic acids is 1. The first-order valence-corrected chi connectivity index (χ1v) is 6.99. The molecule has 1 unspecified atom stereocenters. The lowest BCUT2D eigenvalue weighted by Crippen LogP contribution is -2.35. The first kappa shape index (κ1) is 18.1. The van der Waals surface area contributed by atoms with Crippen LogP contribution in [0.3, 0.4) is 0 Å². The molecule has 0 bridgehead atoms. The highest BCUT2D eigenvalue weighted by Crippen LogP contribution is 2.25. The molecule has 7 nitrogen and oxygen atoms in total. The van der Waals surface area contributed by atoms with Crippen LogP contribution in [0.2, 0.25) is 0 Å². The normalized spacial score (nSPS) is 18.9. The van der Waals surface area contributed by atoms with Crippen molar-refractivity contribution < 1.29 is 13.6 Å². The molecule has 0 saturated carbocycles. The molecule has 1 fully saturated rings. The largest absolute Gasteiger partial charge is 0.350 e. The second-order valence-electron chi connectivity index (χ2n) is 5.47. The molecule has 3 rings (SSSR count). The van der Waals surface area contributed by atoms with Gasteiger partial charge in [-0.05, 0) is 24.3 Å². The number of nitrogens with one attached hydrogen (secondary N) is 2. The van der Waals surface area contributed by atoms with Crippen LogP contribution in [0.15, 0.2) is 35.4 Å². The van der Waals surface area contributed by atoms with E-state index in [-0.39, 0.29) is 18.1 Å². The van der Waals surface area contributed by atoms with Crippen LogP contribution >= 0.6 is 12.4 Å². The van der Waals surface area contributed by atoms with Gasteiger partial charge in [0.2, 0.25) is 5.91 Å². The van der Waals surface area contributed by atoms with Gasteiger partial charge in [0.25, 0.3) is 5.92 Å². The summed E-state index contributed by atoms with van der Waals surface area (Å²) in [7, 11) is 1.59. The number of aryl methyl sites for hydroxylation is 1. The minimum absolute atomic E-state index is 0. The van der Waals surface area contributed by atoms with E-state index in [2.05, 4.69) is 15.7 Å². The zero-order valence-electron chi connectivity index (χ0n) is 12.7. The summed E-state index contributed by atoms with van der Waals surface area (Å²) in [6.45, 7) is -0.493. The number of hydrogen-bond acceptors (Lipinski definition) is 4. The summed E-state index contributed by atoms with van der Waals surface area (Å²) in [5.74, 6) is -3.36. The molecule has 130 valence electrons. The van der Waals surface area contributed by atoms with E-state index in [1.807, 2.05) is 0 Å². The van der Waals surface area contributed by atoms with Crippen LogP contribution in [-0.2, 0) is 11.8 Å². The Morgan fingerprint density at radius 1 is 1.38 bits per heavy atom. The van der Waals surface area contributed by atoms with Crippen LogP contribution in [0.25, 0.3) is 5.69 Å². The van der Waals surface area contributed by atoms with Gasteiger partial charge in [-0.3, -0.25) is 14.7 Å². The maximum Gasteiger partial charge on any atom is 0.350 e. The topological polar surface area (TPSA) is 81.0 Å². The standard InChI is InChI=1S/C14H15F2N5O2.ClH/c1-20-8-18-21(13(20)23)10-4-2-9(3-5-10)19-12(22)11-6-14(15,16)7-17-11;/h2-5,8,11,17H,6-7H2,1H3,(H,19,22);1H. The Balaban J connectivity index is 0.00000208. The monoisotopic (exact) mass is 359 g/mol. The summed E-state index contributed by atoms with van der Waals surface area (Å²) in [5, 5.41) is 9.01. The summed E-state index contributed by atoms with van der Waals surface area (Å²) in [6.07, 6.45) is 0.879. The van der Waals surface area contributed by atoms with E-state index in [1.165, 1.54) is 15.6 Å². The number of alkyl halides is 2. The van der Waals surface area contributed by atoms with Gasteiger partial charge in [-0.1, -0.05) is 0 Å². The predicted molar refractivity (Wildman–Crippen MR) is 86.0 cm³/mol. The molecule has 2 N–H and O–H groups in total. The molecule has 1 amide bonds. The molecule has 2 aromatic rings. The summed E-state index contributed by atoms with van der Waals surface area (Å²) in [4.78, 5) is 23.7. The van der Waals surface area contributed by atoms with Gasteiger partial charge in [-0.15, -0.1) is 12.4 Å². The van der Waals surface area contributed by atoms with Crippen LogP contribution in [0.5, 0.6) is 0 Å². The smallest absolute Gasteiger partial charge is 0.325 e. The Morgan fingerprint density at radius 3 is 2.54 bits per heavy atom. The van der Waals surface area contributed by atoms with Crippen LogP contribution in [0.4, 0.5) is 14.5 Å². The third kappa shape index (κ3) is 3.62. The van der Waals surface area contributed by atoms with Crippen molar-refractivity contribution in [2.45, 2.75) is 18.4 Å². The van der Waals surface area contributed by atoms with Crippen molar-refractivity contribution in [2.24, 2.45) is 7.05 Å². The number of rotatable bonds is 3. The minimum atomic E-state index is -2.86. The average molecular weight is 360 g/mol. The van der Waals surface area contributed by atoms with Gasteiger partial charge in [0, 0.05) is 19.2 Å². The average Bonchev–Trinajstić information content (AvgIpc) is 3.03. The van der Waals surface area contributed by atoms with E-state index >= 15 is 0 Å². The molecule has 1 aliphatic rings. The molecule has 1 aliphatic heterocycles. The van der Waals surface area contributed by atoms with Crippen molar-refractivity contribution in [1.29, 1.82) is 0 Å². The van der Waals surface area contributed by atoms with Crippen LogP contribution in [-0.4, -0.2) is 38.8 Å². The second kappa shape index (κ2) is 6.70. The number of amides is 1. The van der Waals surface area contributed by atoms with Crippen molar-refractivity contribution in [1.82, 2.24) is 19.7 Å². The third-order valence-corrected chi connectivity index (χ3v) is 3.63. The fraction of sp³-hybridized carbons (Fsp3) is 0.357. The molecule has 0 radical (unpaired) electrons. The highest BCUT2D eigenvalue weighted by Gasteiger charge is 2.42. The number of nitrogens with zero attached hydrogens (tertiary/aromatic N) is 3. The Bertz CT molecular complexity index is 787. The summed E-state index contributed by atoms with van der Waals surface area (Å²) in [5.41, 5.74) is 0.707. The molecule has 1 aromatic carbocycles. The molecule has 0 aliphatic carbocycles. The molecule has 24 heavy (non-hydrogen) atoms. The van der Waals surface area contributed by atoms with E-state index in [9.17, 15) is 18.4 Å². The minimum Gasteiger partial charge on any atom is -0.325 e. The van der Waals surface area contributed by atoms with E-state index in [4.69, 9.17) is 0 Å². The van der Waals surface area contributed by atoms with Gasteiger partial charge in [-0.25, -0.2) is 13.6 Å². The lowest BCUT2D eigenvalue weighted by atomic mass is 10.2. The van der Waals surface area contributed by atoms with Crippen molar-refractivity contribution in [3.8, 4) is 5.69 Å². The Hall–Kier alpha value is -2.26. The molecular formula is C14H16ClF2N5O2. The highest BCUT2D eigenvalue weighted by atomic mass is 35.5. The highest BCUT2D eigenvalue weighted by molar-refractivity contribution is 5.95. The summed E-state index contributed by atoms with van der Waals surface area (Å²) in [6, 6.07) is 5.48. The van der Waals surface area contributed by atoms with E-state index in [1.54, 1.807) is 31.3 Å². The fourth-order valence-electron chi connectivity index (χ4n) is 2.37. The van der Waals surface area contributed by atoms with Crippen LogP contribution in [0, 0.1) is 0 Å². The maximum atomic E-state index is 13.1. The number of benzene rings is 1. The Labute approximate surface area is 142 Å². The van der Waals surface area contributed by atoms with Crippen LogP contribution in [0.1, 0.15) is 6.42 Å². The van der Waals surface area contributed by atoms with E-state index < -0.39 is 30.8 Å². The number of anilines is 1. The first-order valence-electron chi connectivity index (χ1n) is 6.99. The zero-order valence-corrected chi connectivity index (χ0v) is 13.5. The van der Waals surface area contributed by atoms with Crippen molar-refractivity contribution in [3.05, 3.63) is 41.1 Å². The van der Waals surface area contributed by atoms with Gasteiger partial charge < -0.3 is 5.32 Å². The molecular weight excluding hydrogens is 344 g/mol. The Morgan fingerprint density at radius 2 is 2.04 bits per heavy atom. The van der Waals surface area contributed by atoms with Crippen molar-refractivity contribution >= 4 is 24.0 Å². The van der Waals surface area contributed by atoms with Crippen LogP contribution < -0.4 is 16.3 Å². The lowest BCUT2D eigenvalue weighted by molar-refractivity contribution is -0.118. The number of hydrogen-bond donors (Lipinski definition) is 2. The summed E-state index contributed by atoms with van der Waals surface area (Å²) >= 11 is 0. The molecule has 1 saturated heterocycles. The first-order chi connectivity index (χ1) is 10.9. The van der Waals surface area contributed by atoms with Crippen molar-refractivity contribution in [3.63, 3.8) is 0 Å². The molecule has 2 heterocycles. The molecule has 1 aromatic heterocycles. The van der Waals surface area contributed by atoms with E-state index in [0.717, 1.165) is 0 Å². The van der Waals surface area contributed by atoms with E-state index in [0.29, 0.717) is 11.4 Å². The predicted octanol–water partition coefficient (Wildman–Crippen LogP) is 0.928.